The summed E-state index contributed by atoms with van der Waals surface area (Å²) >= 11 is 6.28. The van der Waals surface area contributed by atoms with Crippen LogP contribution in [0.25, 0.3) is 11.3 Å². The highest BCUT2D eigenvalue weighted by Gasteiger charge is 2.09. The highest BCUT2D eigenvalue weighted by molar-refractivity contribution is 6.33. The van der Waals surface area contributed by atoms with Crippen LogP contribution in [0.4, 0.5) is 0 Å². The quantitative estimate of drug-likeness (QED) is 0.872. The molecule has 2 aromatic rings. The van der Waals surface area contributed by atoms with Crippen molar-refractivity contribution in [1.29, 1.82) is 0 Å². The molecule has 0 radical (unpaired) electrons. The summed E-state index contributed by atoms with van der Waals surface area (Å²) in [6, 6.07) is 7.92. The Kier molecular flexibility index (Phi) is 4.19. The summed E-state index contributed by atoms with van der Waals surface area (Å²) in [6.45, 7) is 3.04. The molecule has 20 heavy (non-hydrogen) atoms. The minimum Gasteiger partial charge on any atom is -0.330 e. The molecule has 3 nitrogen and oxygen atoms in total. The lowest BCUT2D eigenvalue weighted by molar-refractivity contribution is 0.633. The smallest absolute Gasteiger partial charge is 0.0951 e. The molecule has 0 saturated heterocycles. The molecule has 0 aliphatic carbocycles. The Labute approximate surface area is 124 Å². The molecule has 0 bridgehead atoms. The molecule has 0 saturated carbocycles. The Bertz CT molecular complexity index is 616. The van der Waals surface area contributed by atoms with Crippen molar-refractivity contribution in [1.82, 2.24) is 14.9 Å². The number of hydrogen-bond acceptors (Lipinski definition) is 2. The molecule has 1 N–H and O–H groups in total. The molecule has 0 atom stereocenters. The zero-order valence-electron chi connectivity index (χ0n) is 11.3. The van der Waals surface area contributed by atoms with Gasteiger partial charge in [0.15, 0.2) is 0 Å². The zero-order chi connectivity index (χ0) is 13.8. The fourth-order valence-electron chi connectivity index (χ4n) is 2.55. The first-order chi connectivity index (χ1) is 9.84. The summed E-state index contributed by atoms with van der Waals surface area (Å²) in [5.41, 5.74) is 3.67. The van der Waals surface area contributed by atoms with Gasteiger partial charge in [-0.2, -0.15) is 0 Å². The number of nitrogens with one attached hydrogen (secondary N) is 1. The molecule has 0 amide bonds. The van der Waals surface area contributed by atoms with E-state index in [2.05, 4.69) is 20.9 Å². The molecule has 0 fully saturated rings. The van der Waals surface area contributed by atoms with Gasteiger partial charge in [-0.25, -0.2) is 4.98 Å². The van der Waals surface area contributed by atoms with E-state index in [0.29, 0.717) is 0 Å². The van der Waals surface area contributed by atoms with Crippen LogP contribution in [0, 0.1) is 0 Å². The van der Waals surface area contributed by atoms with Crippen LogP contribution in [0.5, 0.6) is 0 Å². The van der Waals surface area contributed by atoms with Gasteiger partial charge in [-0.1, -0.05) is 41.4 Å². The summed E-state index contributed by atoms with van der Waals surface area (Å²) in [4.78, 5) is 4.28. The van der Waals surface area contributed by atoms with Gasteiger partial charge in [0.05, 0.1) is 18.2 Å². The first kappa shape index (κ1) is 13.4. The van der Waals surface area contributed by atoms with Crippen LogP contribution >= 0.6 is 11.6 Å². The second-order valence-corrected chi connectivity index (χ2v) is 5.43. The van der Waals surface area contributed by atoms with Crippen molar-refractivity contribution < 1.29 is 0 Å². The van der Waals surface area contributed by atoms with Gasteiger partial charge in [0.2, 0.25) is 0 Å². The first-order valence-electron chi connectivity index (χ1n) is 6.98. The SMILES string of the molecule is Clc1ccccc1-c1cncn1CCC1=CCNCC1. The number of rotatable bonds is 4. The molecular weight excluding hydrogens is 270 g/mol. The second-order valence-electron chi connectivity index (χ2n) is 5.02. The Hall–Kier alpha value is -1.58. The standard InChI is InChI=1S/C16H18ClN3/c17-15-4-2-1-3-14(15)16-11-19-12-20(16)10-7-13-5-8-18-9-6-13/h1-5,11-12,18H,6-10H2. The minimum atomic E-state index is 0.773. The predicted octanol–water partition coefficient (Wildman–Crippen LogP) is 3.51. The Balaban J connectivity index is 1.77. The number of hydrogen-bond donors (Lipinski definition) is 1. The maximum atomic E-state index is 6.28. The molecule has 0 spiro atoms. The van der Waals surface area contributed by atoms with Gasteiger partial charge in [0, 0.05) is 23.7 Å². The minimum absolute atomic E-state index is 0.773. The van der Waals surface area contributed by atoms with Gasteiger partial charge in [-0.3, -0.25) is 0 Å². The fourth-order valence-corrected chi connectivity index (χ4v) is 2.79. The van der Waals surface area contributed by atoms with Crippen LogP contribution in [0.3, 0.4) is 0 Å². The van der Waals surface area contributed by atoms with Crippen molar-refractivity contribution in [3.8, 4) is 11.3 Å². The Morgan fingerprint density at radius 2 is 2.20 bits per heavy atom. The predicted molar refractivity (Wildman–Crippen MR) is 82.9 cm³/mol. The summed E-state index contributed by atoms with van der Waals surface area (Å²) in [5, 5.41) is 4.11. The van der Waals surface area contributed by atoms with Gasteiger partial charge < -0.3 is 9.88 Å². The van der Waals surface area contributed by atoms with Crippen molar-refractivity contribution in [3.63, 3.8) is 0 Å². The van der Waals surface area contributed by atoms with Crippen LogP contribution in [0.15, 0.2) is 48.4 Å². The topological polar surface area (TPSA) is 29.9 Å². The highest BCUT2D eigenvalue weighted by atomic mass is 35.5. The molecule has 0 unspecified atom stereocenters. The van der Waals surface area contributed by atoms with Crippen molar-refractivity contribution >= 4 is 11.6 Å². The maximum Gasteiger partial charge on any atom is 0.0951 e. The third kappa shape index (κ3) is 2.94. The molecule has 1 aliphatic rings. The molecule has 1 aromatic carbocycles. The molecule has 4 heteroatoms. The lowest BCUT2D eigenvalue weighted by Crippen LogP contribution is -2.21. The van der Waals surface area contributed by atoms with E-state index >= 15 is 0 Å². The lowest BCUT2D eigenvalue weighted by atomic mass is 10.1. The van der Waals surface area contributed by atoms with Crippen molar-refractivity contribution in [2.45, 2.75) is 19.4 Å². The maximum absolute atomic E-state index is 6.28. The lowest BCUT2D eigenvalue weighted by Gasteiger charge is -2.15. The second kappa shape index (κ2) is 6.25. The van der Waals surface area contributed by atoms with E-state index in [9.17, 15) is 0 Å². The van der Waals surface area contributed by atoms with E-state index in [1.54, 1.807) is 0 Å². The summed E-state index contributed by atoms with van der Waals surface area (Å²) in [5.74, 6) is 0. The molecule has 1 aliphatic heterocycles. The number of imidazole rings is 1. The largest absolute Gasteiger partial charge is 0.330 e. The summed E-state index contributed by atoms with van der Waals surface area (Å²) in [7, 11) is 0. The van der Waals surface area contributed by atoms with E-state index in [1.165, 1.54) is 5.57 Å². The van der Waals surface area contributed by atoms with E-state index in [1.807, 2.05) is 36.8 Å². The van der Waals surface area contributed by atoms with Crippen LogP contribution in [0.1, 0.15) is 12.8 Å². The normalized spacial score (nSPS) is 15.2. The van der Waals surface area contributed by atoms with Crippen LogP contribution in [0.2, 0.25) is 5.02 Å². The first-order valence-corrected chi connectivity index (χ1v) is 7.36. The Morgan fingerprint density at radius 3 is 3.00 bits per heavy atom. The fraction of sp³-hybridized carbons (Fsp3) is 0.312. The zero-order valence-corrected chi connectivity index (χ0v) is 12.1. The molecule has 3 rings (SSSR count). The van der Waals surface area contributed by atoms with E-state index < -0.39 is 0 Å². The third-order valence-electron chi connectivity index (χ3n) is 3.69. The van der Waals surface area contributed by atoms with Crippen molar-refractivity contribution in [3.05, 3.63) is 53.5 Å². The third-order valence-corrected chi connectivity index (χ3v) is 4.02. The van der Waals surface area contributed by atoms with Crippen LogP contribution in [-0.4, -0.2) is 22.6 Å². The molecule has 1 aromatic heterocycles. The van der Waals surface area contributed by atoms with E-state index in [4.69, 9.17) is 11.6 Å². The number of nitrogens with zero attached hydrogens (tertiary/aromatic N) is 2. The molecular formula is C16H18ClN3. The molecule has 104 valence electrons. The van der Waals surface area contributed by atoms with Gasteiger partial charge in [0.25, 0.3) is 0 Å². The number of halogens is 1. The van der Waals surface area contributed by atoms with Crippen molar-refractivity contribution in [2.75, 3.05) is 13.1 Å². The van der Waals surface area contributed by atoms with Gasteiger partial charge >= 0.3 is 0 Å². The van der Waals surface area contributed by atoms with Crippen LogP contribution < -0.4 is 5.32 Å². The summed E-state index contributed by atoms with van der Waals surface area (Å²) < 4.78 is 2.18. The van der Waals surface area contributed by atoms with Crippen molar-refractivity contribution in [2.24, 2.45) is 0 Å². The van der Waals surface area contributed by atoms with Gasteiger partial charge in [-0.05, 0) is 25.5 Å². The van der Waals surface area contributed by atoms with E-state index in [-0.39, 0.29) is 0 Å². The average molecular weight is 288 g/mol. The number of benzene rings is 1. The molecule has 2 heterocycles. The average Bonchev–Trinajstić information content (AvgIpc) is 2.95. The highest BCUT2D eigenvalue weighted by Crippen LogP contribution is 2.27. The van der Waals surface area contributed by atoms with Crippen LogP contribution in [-0.2, 0) is 6.54 Å². The van der Waals surface area contributed by atoms with E-state index in [0.717, 1.165) is 48.8 Å². The van der Waals surface area contributed by atoms with Gasteiger partial charge in [0.1, 0.15) is 0 Å². The number of aromatic nitrogens is 2. The monoisotopic (exact) mass is 287 g/mol. The van der Waals surface area contributed by atoms with Gasteiger partial charge in [-0.15, -0.1) is 0 Å². The summed E-state index contributed by atoms with van der Waals surface area (Å²) in [6.07, 6.45) is 8.31. The number of aryl methyl sites for hydroxylation is 1. The Morgan fingerprint density at radius 1 is 1.30 bits per heavy atom.